The number of benzene rings is 1. The summed E-state index contributed by atoms with van der Waals surface area (Å²) in [5.74, 6) is 0.516. The first-order valence-electron chi connectivity index (χ1n) is 9.77. The summed E-state index contributed by atoms with van der Waals surface area (Å²) in [6.07, 6.45) is 3.64. The monoisotopic (exact) mass is 381 g/mol. The van der Waals surface area contributed by atoms with Crippen molar-refractivity contribution in [3.8, 4) is 5.69 Å². The quantitative estimate of drug-likeness (QED) is 0.674. The molecular formula is C20H27N7O. The normalized spacial score (nSPS) is 16.1. The zero-order valence-corrected chi connectivity index (χ0v) is 16.4. The SMILES string of the molecule is CN(C)CCN1CCC(Nc2nc3c(cnn3-c3ccccc3)c(=O)[nH]2)CC1. The third kappa shape index (κ3) is 4.07. The summed E-state index contributed by atoms with van der Waals surface area (Å²) in [7, 11) is 4.21. The van der Waals surface area contributed by atoms with Crippen LogP contribution in [0.3, 0.4) is 0 Å². The minimum absolute atomic E-state index is 0.168. The number of hydrogen-bond acceptors (Lipinski definition) is 6. The molecule has 1 aliphatic heterocycles. The molecule has 0 spiro atoms. The largest absolute Gasteiger partial charge is 0.353 e. The van der Waals surface area contributed by atoms with Crippen LogP contribution < -0.4 is 10.9 Å². The van der Waals surface area contributed by atoms with Crippen molar-refractivity contribution in [3.63, 3.8) is 0 Å². The van der Waals surface area contributed by atoms with Crippen LogP contribution in [0.5, 0.6) is 0 Å². The van der Waals surface area contributed by atoms with Crippen LogP contribution in [0.4, 0.5) is 5.95 Å². The Morgan fingerprint density at radius 1 is 1.21 bits per heavy atom. The Morgan fingerprint density at radius 3 is 2.68 bits per heavy atom. The van der Waals surface area contributed by atoms with Gasteiger partial charge in [0.2, 0.25) is 5.95 Å². The Kier molecular flexibility index (Phi) is 5.40. The zero-order chi connectivity index (χ0) is 19.5. The number of aromatic nitrogens is 4. The van der Waals surface area contributed by atoms with Crippen LogP contribution in [0.1, 0.15) is 12.8 Å². The Labute approximate surface area is 164 Å². The molecule has 1 aromatic carbocycles. The Morgan fingerprint density at radius 2 is 1.96 bits per heavy atom. The highest BCUT2D eigenvalue weighted by molar-refractivity contribution is 5.76. The lowest BCUT2D eigenvalue weighted by Crippen LogP contribution is -2.42. The summed E-state index contributed by atoms with van der Waals surface area (Å²) in [4.78, 5) is 24.7. The first-order valence-corrected chi connectivity index (χ1v) is 9.77. The summed E-state index contributed by atoms with van der Waals surface area (Å²) in [5.41, 5.74) is 1.29. The summed E-state index contributed by atoms with van der Waals surface area (Å²) in [6.45, 7) is 4.28. The lowest BCUT2D eigenvalue weighted by molar-refractivity contribution is 0.199. The molecule has 148 valence electrons. The molecule has 0 saturated carbocycles. The second-order valence-electron chi connectivity index (χ2n) is 7.61. The second kappa shape index (κ2) is 8.12. The minimum atomic E-state index is -0.168. The van der Waals surface area contributed by atoms with Crippen molar-refractivity contribution in [3.05, 3.63) is 46.9 Å². The number of likely N-dealkylation sites (tertiary alicyclic amines) is 1. The van der Waals surface area contributed by atoms with Gasteiger partial charge in [-0.1, -0.05) is 18.2 Å². The highest BCUT2D eigenvalue weighted by atomic mass is 16.1. The third-order valence-electron chi connectivity index (χ3n) is 5.23. The number of nitrogens with zero attached hydrogens (tertiary/aromatic N) is 5. The predicted molar refractivity (Wildman–Crippen MR) is 111 cm³/mol. The number of nitrogens with one attached hydrogen (secondary N) is 2. The summed E-state index contributed by atoms with van der Waals surface area (Å²) in [6, 6.07) is 10.0. The van der Waals surface area contributed by atoms with Crippen LogP contribution in [0.15, 0.2) is 41.3 Å². The Bertz CT molecular complexity index is 971. The van der Waals surface area contributed by atoms with E-state index in [1.54, 1.807) is 10.9 Å². The lowest BCUT2D eigenvalue weighted by atomic mass is 10.1. The predicted octanol–water partition coefficient (Wildman–Crippen LogP) is 1.55. The maximum Gasteiger partial charge on any atom is 0.263 e. The summed E-state index contributed by atoms with van der Waals surface area (Å²) < 4.78 is 1.71. The maximum atomic E-state index is 12.5. The number of rotatable bonds is 6. The highest BCUT2D eigenvalue weighted by Gasteiger charge is 2.20. The zero-order valence-electron chi connectivity index (χ0n) is 16.4. The van der Waals surface area contributed by atoms with E-state index in [-0.39, 0.29) is 5.56 Å². The molecule has 8 nitrogen and oxygen atoms in total. The molecule has 2 aromatic heterocycles. The Balaban J connectivity index is 1.49. The van der Waals surface area contributed by atoms with Gasteiger partial charge in [0.05, 0.1) is 11.9 Å². The number of fused-ring (bicyclic) bond motifs is 1. The van der Waals surface area contributed by atoms with E-state index in [2.05, 4.69) is 44.3 Å². The van der Waals surface area contributed by atoms with E-state index in [0.29, 0.717) is 23.0 Å². The molecule has 0 radical (unpaired) electrons. The summed E-state index contributed by atoms with van der Waals surface area (Å²) >= 11 is 0. The van der Waals surface area contributed by atoms with Gasteiger partial charge < -0.3 is 15.1 Å². The average Bonchev–Trinajstić information content (AvgIpc) is 3.12. The van der Waals surface area contributed by atoms with Crippen molar-refractivity contribution in [2.75, 3.05) is 45.6 Å². The highest BCUT2D eigenvalue weighted by Crippen LogP contribution is 2.17. The van der Waals surface area contributed by atoms with Crippen LogP contribution in [0, 0.1) is 0 Å². The van der Waals surface area contributed by atoms with Crippen molar-refractivity contribution >= 4 is 17.0 Å². The van der Waals surface area contributed by atoms with E-state index in [1.807, 2.05) is 30.3 Å². The lowest BCUT2D eigenvalue weighted by Gasteiger charge is -2.33. The summed E-state index contributed by atoms with van der Waals surface area (Å²) in [5, 5.41) is 8.27. The van der Waals surface area contributed by atoms with Crippen LogP contribution in [0.25, 0.3) is 16.7 Å². The van der Waals surface area contributed by atoms with Gasteiger partial charge in [0.25, 0.3) is 5.56 Å². The number of piperidine rings is 1. The standard InChI is InChI=1S/C20H27N7O/c1-25(2)12-13-26-10-8-15(9-11-26)22-20-23-18-17(19(28)24-20)14-21-27(18)16-6-4-3-5-7-16/h3-7,14-15H,8-13H2,1-2H3,(H2,22,23,24,28). The van der Waals surface area contributed by atoms with E-state index in [0.717, 1.165) is 44.7 Å². The van der Waals surface area contributed by atoms with E-state index in [9.17, 15) is 4.79 Å². The van der Waals surface area contributed by atoms with Crippen molar-refractivity contribution in [1.82, 2.24) is 29.5 Å². The Hall–Kier alpha value is -2.71. The van der Waals surface area contributed by atoms with Crippen molar-refractivity contribution < 1.29 is 0 Å². The van der Waals surface area contributed by atoms with Crippen molar-refractivity contribution in [1.29, 1.82) is 0 Å². The number of likely N-dealkylation sites (N-methyl/N-ethyl adjacent to an activating group) is 1. The van der Waals surface area contributed by atoms with Crippen molar-refractivity contribution in [2.24, 2.45) is 0 Å². The second-order valence-corrected chi connectivity index (χ2v) is 7.61. The molecule has 4 rings (SSSR count). The van der Waals surface area contributed by atoms with Crippen LogP contribution in [-0.4, -0.2) is 75.9 Å². The van der Waals surface area contributed by atoms with Crippen LogP contribution in [-0.2, 0) is 0 Å². The van der Waals surface area contributed by atoms with Gasteiger partial charge in [-0.3, -0.25) is 9.78 Å². The smallest absolute Gasteiger partial charge is 0.263 e. The molecule has 0 bridgehead atoms. The van der Waals surface area contributed by atoms with Crippen LogP contribution >= 0.6 is 0 Å². The molecule has 2 N–H and O–H groups in total. The topological polar surface area (TPSA) is 82.1 Å². The van der Waals surface area contributed by atoms with Gasteiger partial charge in [-0.05, 0) is 39.1 Å². The van der Waals surface area contributed by atoms with Gasteiger partial charge in [-0.15, -0.1) is 0 Å². The van der Waals surface area contributed by atoms with Gasteiger partial charge in [0.1, 0.15) is 5.39 Å². The third-order valence-corrected chi connectivity index (χ3v) is 5.23. The van der Waals surface area contributed by atoms with E-state index >= 15 is 0 Å². The molecule has 1 saturated heterocycles. The number of H-pyrrole nitrogens is 1. The molecule has 1 aliphatic rings. The van der Waals surface area contributed by atoms with Gasteiger partial charge in [0, 0.05) is 32.2 Å². The first-order chi connectivity index (χ1) is 13.6. The first kappa shape index (κ1) is 18.6. The van der Waals surface area contributed by atoms with Crippen molar-refractivity contribution in [2.45, 2.75) is 18.9 Å². The molecule has 3 heterocycles. The number of para-hydroxylation sites is 1. The van der Waals surface area contributed by atoms with Crippen LogP contribution in [0.2, 0.25) is 0 Å². The van der Waals surface area contributed by atoms with Gasteiger partial charge >= 0.3 is 0 Å². The molecular weight excluding hydrogens is 354 g/mol. The van der Waals surface area contributed by atoms with Gasteiger partial charge in [0.15, 0.2) is 5.65 Å². The van der Waals surface area contributed by atoms with E-state index < -0.39 is 0 Å². The minimum Gasteiger partial charge on any atom is -0.353 e. The maximum absolute atomic E-state index is 12.5. The fourth-order valence-corrected chi connectivity index (χ4v) is 3.58. The molecule has 0 amide bonds. The fourth-order valence-electron chi connectivity index (χ4n) is 3.58. The number of hydrogen-bond donors (Lipinski definition) is 2. The van der Waals surface area contributed by atoms with E-state index in [1.165, 1.54) is 0 Å². The molecule has 28 heavy (non-hydrogen) atoms. The fraction of sp³-hybridized carbons (Fsp3) is 0.450. The molecule has 8 heteroatoms. The molecule has 1 fully saturated rings. The molecule has 0 unspecified atom stereocenters. The van der Waals surface area contributed by atoms with Gasteiger partial charge in [-0.2, -0.15) is 10.1 Å². The molecule has 0 atom stereocenters. The molecule has 3 aromatic rings. The molecule has 0 aliphatic carbocycles. The average molecular weight is 381 g/mol. The van der Waals surface area contributed by atoms with E-state index in [4.69, 9.17) is 0 Å². The van der Waals surface area contributed by atoms with Gasteiger partial charge in [-0.25, -0.2) is 4.68 Å². The number of aromatic amines is 1. The number of anilines is 1.